The van der Waals surface area contributed by atoms with E-state index in [0.29, 0.717) is 18.4 Å². The van der Waals surface area contributed by atoms with Crippen LogP contribution >= 0.6 is 11.8 Å². The van der Waals surface area contributed by atoms with Gasteiger partial charge in [-0.2, -0.15) is 0 Å². The fourth-order valence-electron chi connectivity index (χ4n) is 5.38. The molecule has 2 bridgehead atoms. The van der Waals surface area contributed by atoms with Gasteiger partial charge in [-0.25, -0.2) is 8.78 Å². The van der Waals surface area contributed by atoms with Crippen LogP contribution in [0.2, 0.25) is 0 Å². The summed E-state index contributed by atoms with van der Waals surface area (Å²) in [6.07, 6.45) is 2.98. The summed E-state index contributed by atoms with van der Waals surface area (Å²) in [7, 11) is 0. The lowest BCUT2D eigenvalue weighted by atomic mass is 9.98. The number of halogens is 2. The molecular formula is C29H29F2NO2S. The third-order valence-corrected chi connectivity index (χ3v) is 7.96. The molecule has 5 rings (SSSR count). The van der Waals surface area contributed by atoms with Gasteiger partial charge in [-0.1, -0.05) is 18.2 Å². The predicted molar refractivity (Wildman–Crippen MR) is 135 cm³/mol. The van der Waals surface area contributed by atoms with Gasteiger partial charge in [0.15, 0.2) is 11.6 Å². The van der Waals surface area contributed by atoms with Gasteiger partial charge in [0.2, 0.25) is 0 Å². The minimum Gasteiger partial charge on any atom is -0.487 e. The number of carbonyl (C=O) groups excluding carboxylic acids is 1. The standard InChI is InChI=1S/C29H29F2NO2S/c1-18-11-19(2)13-26(12-18)35-17-20-3-5-21(6-4-20)29(33)32-23-8-9-24(32)16-25(15-23)34-28-10-7-22(30)14-27(28)31/h3-7,10-14,23-25H,8-9,15-17H2,1-2H3. The molecule has 3 nitrogen and oxygen atoms in total. The summed E-state index contributed by atoms with van der Waals surface area (Å²) in [5.41, 5.74) is 4.41. The Bertz CT molecular complexity index is 1200. The Morgan fingerprint density at radius 3 is 2.23 bits per heavy atom. The van der Waals surface area contributed by atoms with Gasteiger partial charge in [0.25, 0.3) is 5.91 Å². The Morgan fingerprint density at radius 1 is 0.943 bits per heavy atom. The number of fused-ring (bicyclic) bond motifs is 2. The van der Waals surface area contributed by atoms with Crippen molar-refractivity contribution in [1.29, 1.82) is 0 Å². The highest BCUT2D eigenvalue weighted by molar-refractivity contribution is 7.98. The quantitative estimate of drug-likeness (QED) is 0.343. The number of benzene rings is 3. The van der Waals surface area contributed by atoms with Crippen molar-refractivity contribution in [1.82, 2.24) is 4.90 Å². The molecule has 3 aromatic rings. The maximum absolute atomic E-state index is 14.0. The number of hydrogen-bond acceptors (Lipinski definition) is 3. The Morgan fingerprint density at radius 2 is 1.60 bits per heavy atom. The van der Waals surface area contributed by atoms with E-state index in [9.17, 15) is 13.6 Å². The predicted octanol–water partition coefficient (Wildman–Crippen LogP) is 7.09. The highest BCUT2D eigenvalue weighted by Gasteiger charge is 2.44. The highest BCUT2D eigenvalue weighted by atomic mass is 32.2. The van der Waals surface area contributed by atoms with Crippen molar-refractivity contribution >= 4 is 17.7 Å². The molecule has 0 N–H and O–H groups in total. The lowest BCUT2D eigenvalue weighted by Crippen LogP contribution is -2.49. The van der Waals surface area contributed by atoms with Gasteiger partial charge in [-0.05, 0) is 79.8 Å². The van der Waals surface area contributed by atoms with Crippen molar-refractivity contribution in [2.45, 2.75) is 68.4 Å². The second-order valence-electron chi connectivity index (χ2n) is 9.69. The molecule has 0 aliphatic carbocycles. The fraction of sp³-hybridized carbons (Fsp3) is 0.345. The van der Waals surface area contributed by atoms with E-state index >= 15 is 0 Å². The molecule has 2 heterocycles. The molecular weight excluding hydrogens is 464 g/mol. The van der Waals surface area contributed by atoms with Crippen molar-refractivity contribution in [3.8, 4) is 5.75 Å². The Balaban J connectivity index is 1.20. The number of rotatable bonds is 6. The first-order valence-corrected chi connectivity index (χ1v) is 13.1. The monoisotopic (exact) mass is 493 g/mol. The number of nitrogens with zero attached hydrogens (tertiary/aromatic N) is 1. The second kappa shape index (κ2) is 10.0. The molecule has 0 saturated carbocycles. The Labute approximate surface area is 209 Å². The van der Waals surface area contributed by atoms with Crippen molar-refractivity contribution in [2.24, 2.45) is 0 Å². The Kier molecular flexibility index (Phi) is 6.83. The summed E-state index contributed by atoms with van der Waals surface area (Å²) in [5, 5.41) is 0. The summed E-state index contributed by atoms with van der Waals surface area (Å²) in [5.74, 6) is -0.329. The maximum Gasteiger partial charge on any atom is 0.254 e. The van der Waals surface area contributed by atoms with Crippen LogP contribution in [0.5, 0.6) is 5.75 Å². The summed E-state index contributed by atoms with van der Waals surface area (Å²) < 4.78 is 33.1. The molecule has 0 aromatic heterocycles. The van der Waals surface area contributed by atoms with E-state index in [1.807, 2.05) is 29.2 Å². The maximum atomic E-state index is 14.0. The smallest absolute Gasteiger partial charge is 0.254 e. The van der Waals surface area contributed by atoms with E-state index in [-0.39, 0.29) is 29.8 Å². The summed E-state index contributed by atoms with van der Waals surface area (Å²) >= 11 is 1.80. The van der Waals surface area contributed by atoms with Gasteiger partial charge >= 0.3 is 0 Å². The molecule has 35 heavy (non-hydrogen) atoms. The van der Waals surface area contributed by atoms with Crippen LogP contribution in [-0.2, 0) is 5.75 Å². The van der Waals surface area contributed by atoms with Gasteiger partial charge in [0, 0.05) is 47.2 Å². The van der Waals surface area contributed by atoms with Crippen molar-refractivity contribution in [3.05, 3.63) is 94.6 Å². The van der Waals surface area contributed by atoms with Gasteiger partial charge in [-0.15, -0.1) is 11.8 Å². The lowest BCUT2D eigenvalue weighted by molar-refractivity contribution is 0.0349. The van der Waals surface area contributed by atoms with Crippen LogP contribution < -0.4 is 4.74 Å². The zero-order valence-corrected chi connectivity index (χ0v) is 20.8. The average molecular weight is 494 g/mol. The van der Waals surface area contributed by atoms with Gasteiger partial charge in [0.1, 0.15) is 11.9 Å². The van der Waals surface area contributed by atoms with Gasteiger partial charge < -0.3 is 9.64 Å². The molecule has 2 unspecified atom stereocenters. The molecule has 2 atom stereocenters. The van der Waals surface area contributed by atoms with Crippen LogP contribution in [0.1, 0.15) is 52.7 Å². The number of piperidine rings is 1. The molecule has 2 fully saturated rings. The van der Waals surface area contributed by atoms with Crippen LogP contribution in [0.4, 0.5) is 8.78 Å². The Hall–Kier alpha value is -2.86. The van der Waals surface area contributed by atoms with Gasteiger partial charge in [0.05, 0.1) is 0 Å². The van der Waals surface area contributed by atoms with E-state index in [1.54, 1.807) is 11.8 Å². The van der Waals surface area contributed by atoms with E-state index in [4.69, 9.17) is 4.74 Å². The molecule has 182 valence electrons. The molecule has 1 amide bonds. The lowest BCUT2D eigenvalue weighted by Gasteiger charge is -2.39. The first kappa shape index (κ1) is 23.9. The SMILES string of the molecule is Cc1cc(C)cc(SCc2ccc(C(=O)N3C4CCC3CC(Oc3ccc(F)cc3F)C4)cc2)c1. The molecule has 0 spiro atoms. The normalized spacial score (nSPS) is 21.3. The van der Waals surface area contributed by atoms with E-state index < -0.39 is 11.6 Å². The minimum atomic E-state index is -0.688. The second-order valence-corrected chi connectivity index (χ2v) is 10.7. The third-order valence-electron chi connectivity index (χ3n) is 6.91. The molecule has 6 heteroatoms. The van der Waals surface area contributed by atoms with E-state index in [1.165, 1.54) is 33.7 Å². The summed E-state index contributed by atoms with van der Waals surface area (Å²) in [6.45, 7) is 4.22. The zero-order chi connectivity index (χ0) is 24.5. The number of aryl methyl sites for hydroxylation is 2. The van der Waals surface area contributed by atoms with Crippen molar-refractivity contribution in [3.63, 3.8) is 0 Å². The number of ether oxygens (including phenoxy) is 1. The number of amides is 1. The van der Waals surface area contributed by atoms with Gasteiger partial charge in [-0.3, -0.25) is 4.79 Å². The summed E-state index contributed by atoms with van der Waals surface area (Å²) in [4.78, 5) is 16.6. The molecule has 2 saturated heterocycles. The first-order chi connectivity index (χ1) is 16.9. The third kappa shape index (κ3) is 5.37. The number of thioether (sulfide) groups is 1. The van der Waals surface area contributed by atoms with E-state index in [0.717, 1.165) is 24.7 Å². The van der Waals surface area contributed by atoms with Crippen LogP contribution in [-0.4, -0.2) is 29.0 Å². The van der Waals surface area contributed by atoms with Crippen molar-refractivity contribution < 1.29 is 18.3 Å². The minimum absolute atomic E-state index is 0.0532. The van der Waals surface area contributed by atoms with Crippen LogP contribution in [0.25, 0.3) is 0 Å². The van der Waals surface area contributed by atoms with Crippen LogP contribution in [0.15, 0.2) is 65.6 Å². The molecule has 2 aliphatic heterocycles. The van der Waals surface area contributed by atoms with E-state index in [2.05, 4.69) is 32.0 Å². The highest BCUT2D eigenvalue weighted by Crippen LogP contribution is 2.38. The average Bonchev–Trinajstić information content (AvgIpc) is 3.09. The zero-order valence-electron chi connectivity index (χ0n) is 20.0. The topological polar surface area (TPSA) is 29.5 Å². The molecule has 2 aliphatic rings. The first-order valence-electron chi connectivity index (χ1n) is 12.1. The fourth-order valence-corrected chi connectivity index (χ4v) is 6.45. The van der Waals surface area contributed by atoms with Crippen LogP contribution in [0.3, 0.4) is 0 Å². The largest absolute Gasteiger partial charge is 0.487 e. The summed E-state index contributed by atoms with van der Waals surface area (Å²) in [6, 6.07) is 18.0. The number of carbonyl (C=O) groups is 1. The van der Waals surface area contributed by atoms with Crippen molar-refractivity contribution in [2.75, 3.05) is 0 Å². The number of hydrogen-bond donors (Lipinski definition) is 0. The molecule has 0 radical (unpaired) electrons. The molecule has 3 aromatic carbocycles. The van der Waals surface area contributed by atoms with Crippen LogP contribution in [0, 0.1) is 25.5 Å².